The number of aryl methyl sites for hydroxylation is 1. The molecular weight excluding hydrogens is 382 g/mol. The summed E-state index contributed by atoms with van der Waals surface area (Å²) in [5, 5.41) is 12.8. The molecule has 8 heteroatoms. The highest BCUT2D eigenvalue weighted by atomic mass is 32.2. The van der Waals surface area contributed by atoms with Crippen LogP contribution in [0.5, 0.6) is 5.75 Å². The topological polar surface area (TPSA) is 73.7 Å². The number of phenolic OH excluding ortho intramolecular Hbond substituents is 1. The summed E-state index contributed by atoms with van der Waals surface area (Å²) in [6.07, 6.45) is 0. The summed E-state index contributed by atoms with van der Waals surface area (Å²) in [7, 11) is -3.38. The van der Waals surface area contributed by atoms with E-state index in [9.17, 15) is 13.5 Å². The van der Waals surface area contributed by atoms with Gasteiger partial charge >= 0.3 is 0 Å². The molecule has 3 heterocycles. The van der Waals surface area contributed by atoms with Crippen LogP contribution in [0, 0.1) is 6.92 Å². The Morgan fingerprint density at radius 3 is 2.59 bits per heavy atom. The average Bonchev–Trinajstić information content (AvgIpc) is 3.20. The van der Waals surface area contributed by atoms with Gasteiger partial charge in [0.1, 0.15) is 15.5 Å². The number of benzene rings is 1. The summed E-state index contributed by atoms with van der Waals surface area (Å²) in [6.45, 7) is 4.91. The van der Waals surface area contributed by atoms with Crippen molar-refractivity contribution in [2.24, 2.45) is 0 Å². The van der Waals surface area contributed by atoms with Crippen LogP contribution < -0.4 is 0 Å². The summed E-state index contributed by atoms with van der Waals surface area (Å²) in [5.41, 5.74) is 2.57. The molecule has 1 fully saturated rings. The lowest BCUT2D eigenvalue weighted by atomic mass is 10.1. The largest absolute Gasteiger partial charge is 0.506 e. The first-order valence-electron chi connectivity index (χ1n) is 8.79. The molecule has 0 spiro atoms. The minimum atomic E-state index is -3.38. The van der Waals surface area contributed by atoms with E-state index in [0.29, 0.717) is 42.4 Å². The van der Waals surface area contributed by atoms with Crippen molar-refractivity contribution >= 4 is 32.3 Å². The molecule has 0 aliphatic carbocycles. The maximum Gasteiger partial charge on any atom is 0.252 e. The van der Waals surface area contributed by atoms with E-state index in [1.165, 1.54) is 11.3 Å². The molecule has 2 aromatic heterocycles. The van der Waals surface area contributed by atoms with Crippen molar-refractivity contribution in [2.75, 3.05) is 26.2 Å². The van der Waals surface area contributed by atoms with E-state index in [0.717, 1.165) is 16.6 Å². The second-order valence-corrected chi connectivity index (χ2v) is 9.82. The van der Waals surface area contributed by atoms with Crippen LogP contribution in [0.1, 0.15) is 11.3 Å². The molecule has 0 radical (unpaired) electrons. The van der Waals surface area contributed by atoms with Gasteiger partial charge in [-0.1, -0.05) is 18.2 Å². The van der Waals surface area contributed by atoms with E-state index >= 15 is 0 Å². The van der Waals surface area contributed by atoms with Crippen LogP contribution in [-0.2, 0) is 16.6 Å². The maximum atomic E-state index is 12.6. The fraction of sp³-hybridized carbons (Fsp3) is 0.316. The highest BCUT2D eigenvalue weighted by Gasteiger charge is 2.29. The number of fused-ring (bicyclic) bond motifs is 1. The van der Waals surface area contributed by atoms with Crippen LogP contribution in [0.3, 0.4) is 0 Å². The van der Waals surface area contributed by atoms with E-state index in [1.54, 1.807) is 27.9 Å². The fourth-order valence-corrected chi connectivity index (χ4v) is 5.97. The van der Waals surface area contributed by atoms with Crippen molar-refractivity contribution in [2.45, 2.75) is 17.7 Å². The first-order chi connectivity index (χ1) is 12.9. The van der Waals surface area contributed by atoms with Gasteiger partial charge in [-0.25, -0.2) is 13.4 Å². The van der Waals surface area contributed by atoms with Crippen molar-refractivity contribution in [3.05, 3.63) is 53.0 Å². The quantitative estimate of drug-likeness (QED) is 0.725. The van der Waals surface area contributed by atoms with Crippen LogP contribution in [0.25, 0.3) is 10.9 Å². The first-order valence-corrected chi connectivity index (χ1v) is 11.1. The SMILES string of the molecule is Cc1ccc2c(CN3CCN(S(=O)(=O)c4cccs4)CC3)ccc(O)c2n1. The molecular formula is C19H21N3O3S2. The number of aromatic nitrogens is 1. The third kappa shape index (κ3) is 3.58. The number of piperazine rings is 1. The number of sulfonamides is 1. The van der Waals surface area contributed by atoms with Crippen molar-refractivity contribution in [1.82, 2.24) is 14.2 Å². The van der Waals surface area contributed by atoms with E-state index in [2.05, 4.69) is 9.88 Å². The smallest absolute Gasteiger partial charge is 0.252 e. The second kappa shape index (κ2) is 7.20. The molecule has 0 bridgehead atoms. The Balaban J connectivity index is 1.49. The lowest BCUT2D eigenvalue weighted by Crippen LogP contribution is -2.48. The number of hydrogen-bond acceptors (Lipinski definition) is 6. The monoisotopic (exact) mass is 403 g/mol. The summed E-state index contributed by atoms with van der Waals surface area (Å²) < 4.78 is 27.2. The third-order valence-corrected chi connectivity index (χ3v) is 8.15. The molecule has 6 nitrogen and oxygen atoms in total. The molecule has 3 aromatic rings. The minimum Gasteiger partial charge on any atom is -0.506 e. The lowest BCUT2D eigenvalue weighted by Gasteiger charge is -2.33. The van der Waals surface area contributed by atoms with E-state index in [1.807, 2.05) is 25.1 Å². The van der Waals surface area contributed by atoms with Crippen molar-refractivity contribution in [3.8, 4) is 5.75 Å². The Labute approximate surface area is 162 Å². The number of pyridine rings is 1. The number of thiophene rings is 1. The molecule has 1 aromatic carbocycles. The maximum absolute atomic E-state index is 12.6. The third-order valence-electron chi connectivity index (χ3n) is 4.88. The zero-order valence-electron chi connectivity index (χ0n) is 15.0. The zero-order valence-corrected chi connectivity index (χ0v) is 16.6. The molecule has 0 atom stereocenters. The van der Waals surface area contributed by atoms with Gasteiger partial charge in [0.25, 0.3) is 10.0 Å². The van der Waals surface area contributed by atoms with E-state index < -0.39 is 10.0 Å². The van der Waals surface area contributed by atoms with Crippen LogP contribution in [0.15, 0.2) is 46.0 Å². The first kappa shape index (κ1) is 18.4. The van der Waals surface area contributed by atoms with Gasteiger partial charge in [-0.2, -0.15) is 4.31 Å². The lowest BCUT2D eigenvalue weighted by molar-refractivity contribution is 0.182. The molecule has 1 aliphatic rings. The molecule has 0 unspecified atom stereocenters. The van der Waals surface area contributed by atoms with Crippen LogP contribution in [0.2, 0.25) is 0 Å². The minimum absolute atomic E-state index is 0.185. The molecule has 27 heavy (non-hydrogen) atoms. The van der Waals surface area contributed by atoms with Crippen molar-refractivity contribution in [3.63, 3.8) is 0 Å². The van der Waals surface area contributed by atoms with Crippen molar-refractivity contribution in [1.29, 1.82) is 0 Å². The van der Waals surface area contributed by atoms with Gasteiger partial charge in [-0.05, 0) is 36.1 Å². The second-order valence-electron chi connectivity index (χ2n) is 6.70. The number of aromatic hydroxyl groups is 1. The molecule has 0 saturated carbocycles. The number of nitrogens with zero attached hydrogens (tertiary/aromatic N) is 3. The Hall–Kier alpha value is -2.00. The van der Waals surface area contributed by atoms with Crippen molar-refractivity contribution < 1.29 is 13.5 Å². The number of hydrogen-bond donors (Lipinski definition) is 1. The Morgan fingerprint density at radius 2 is 1.89 bits per heavy atom. The summed E-state index contributed by atoms with van der Waals surface area (Å²) in [4.78, 5) is 6.69. The van der Waals surface area contributed by atoms with Gasteiger partial charge in [-0.15, -0.1) is 11.3 Å². The summed E-state index contributed by atoms with van der Waals surface area (Å²) >= 11 is 1.26. The normalized spacial score (nSPS) is 16.8. The van der Waals surface area contributed by atoms with Gasteiger partial charge in [0, 0.05) is 43.8 Å². The number of rotatable bonds is 4. The van der Waals surface area contributed by atoms with E-state index in [4.69, 9.17) is 0 Å². The highest BCUT2D eigenvalue weighted by molar-refractivity contribution is 7.91. The molecule has 1 aliphatic heterocycles. The van der Waals surface area contributed by atoms with Crippen LogP contribution >= 0.6 is 11.3 Å². The van der Waals surface area contributed by atoms with Gasteiger partial charge in [-0.3, -0.25) is 4.90 Å². The molecule has 0 amide bonds. The standard InChI is InChI=1S/C19H21N3O3S2/c1-14-4-6-16-15(5-7-17(23)19(16)20-14)13-21-8-10-22(11-9-21)27(24,25)18-3-2-12-26-18/h2-7,12,23H,8-11,13H2,1H3. The number of phenols is 1. The van der Waals surface area contributed by atoms with Gasteiger partial charge < -0.3 is 5.11 Å². The van der Waals surface area contributed by atoms with Gasteiger partial charge in [0.15, 0.2) is 0 Å². The zero-order chi connectivity index (χ0) is 19.0. The predicted octanol–water partition coefficient (Wildman–Crippen LogP) is 2.82. The highest BCUT2D eigenvalue weighted by Crippen LogP contribution is 2.28. The van der Waals surface area contributed by atoms with Crippen LogP contribution in [-0.4, -0.2) is 53.9 Å². The molecule has 142 valence electrons. The average molecular weight is 404 g/mol. The van der Waals surface area contributed by atoms with Crippen LogP contribution in [0.4, 0.5) is 0 Å². The predicted molar refractivity (Wildman–Crippen MR) is 106 cm³/mol. The Morgan fingerprint density at radius 1 is 1.11 bits per heavy atom. The van der Waals surface area contributed by atoms with Gasteiger partial charge in [0.2, 0.25) is 0 Å². The summed E-state index contributed by atoms with van der Waals surface area (Å²) in [5.74, 6) is 0.185. The molecule has 1 saturated heterocycles. The Kier molecular flexibility index (Phi) is 4.90. The molecule has 4 rings (SSSR count). The fourth-order valence-electron chi connectivity index (χ4n) is 3.40. The summed E-state index contributed by atoms with van der Waals surface area (Å²) in [6, 6.07) is 11.0. The van der Waals surface area contributed by atoms with E-state index in [-0.39, 0.29) is 5.75 Å². The molecule has 1 N–H and O–H groups in total. The van der Waals surface area contributed by atoms with Gasteiger partial charge in [0.05, 0.1) is 0 Å². The Bertz CT molecular complexity index is 1060.